The van der Waals surface area contributed by atoms with E-state index in [0.29, 0.717) is 5.39 Å². The maximum atomic E-state index is 12.8. The highest BCUT2D eigenvalue weighted by Gasteiger charge is 2.32. The molecule has 0 aliphatic heterocycles. The molecule has 1 aromatic heterocycles. The third kappa shape index (κ3) is 1.91. The van der Waals surface area contributed by atoms with Crippen LogP contribution in [0.1, 0.15) is 5.69 Å². The maximum Gasteiger partial charge on any atom is 0.433 e. The minimum absolute atomic E-state index is 0.192. The average Bonchev–Trinajstić information content (AvgIpc) is 2.15. The van der Waals surface area contributed by atoms with Gasteiger partial charge in [-0.3, -0.25) is 4.98 Å². The number of nitrogens with zero attached hydrogens (tertiary/aromatic N) is 1. The zero-order chi connectivity index (χ0) is 11.1. The van der Waals surface area contributed by atoms with Gasteiger partial charge in [0.15, 0.2) is 0 Å². The second kappa shape index (κ2) is 3.18. The fourth-order valence-corrected chi connectivity index (χ4v) is 1.27. The lowest BCUT2D eigenvalue weighted by Gasteiger charge is -2.06. The Hall–Kier alpha value is -1.65. The number of fused-ring (bicyclic) bond motifs is 1. The number of alkyl halides is 3. The first-order valence-corrected chi connectivity index (χ1v) is 4.09. The van der Waals surface area contributed by atoms with Gasteiger partial charge in [0, 0.05) is 11.6 Å². The summed E-state index contributed by atoms with van der Waals surface area (Å²) in [7, 11) is 0. The predicted molar refractivity (Wildman–Crippen MR) is 46.7 cm³/mol. The van der Waals surface area contributed by atoms with Crippen LogP contribution in [0.15, 0.2) is 30.5 Å². The molecule has 1 nitrogen and oxygen atoms in total. The van der Waals surface area contributed by atoms with E-state index in [4.69, 9.17) is 0 Å². The number of aromatic nitrogens is 1. The van der Waals surface area contributed by atoms with E-state index in [1.54, 1.807) is 0 Å². The molecule has 1 aromatic carbocycles. The molecule has 15 heavy (non-hydrogen) atoms. The van der Waals surface area contributed by atoms with E-state index in [0.717, 1.165) is 18.3 Å². The normalized spacial score (nSPS) is 12.0. The van der Waals surface area contributed by atoms with Crippen molar-refractivity contribution in [1.29, 1.82) is 0 Å². The quantitative estimate of drug-likeness (QED) is 0.614. The van der Waals surface area contributed by atoms with Crippen molar-refractivity contribution in [2.24, 2.45) is 0 Å². The minimum atomic E-state index is -4.50. The van der Waals surface area contributed by atoms with E-state index in [9.17, 15) is 17.6 Å². The van der Waals surface area contributed by atoms with Crippen molar-refractivity contribution < 1.29 is 17.6 Å². The van der Waals surface area contributed by atoms with E-state index in [-0.39, 0.29) is 5.39 Å². The Morgan fingerprint density at radius 1 is 1.00 bits per heavy atom. The zero-order valence-electron chi connectivity index (χ0n) is 7.35. The molecule has 0 amide bonds. The molecular formula is C10H5F4N. The third-order valence-corrected chi connectivity index (χ3v) is 1.97. The van der Waals surface area contributed by atoms with Crippen molar-refractivity contribution in [1.82, 2.24) is 4.98 Å². The van der Waals surface area contributed by atoms with E-state index >= 15 is 0 Å². The van der Waals surface area contributed by atoms with Crippen molar-refractivity contribution in [3.8, 4) is 0 Å². The van der Waals surface area contributed by atoms with Crippen LogP contribution in [-0.4, -0.2) is 4.98 Å². The van der Waals surface area contributed by atoms with Gasteiger partial charge >= 0.3 is 6.18 Å². The number of rotatable bonds is 0. The average molecular weight is 215 g/mol. The van der Waals surface area contributed by atoms with Crippen LogP contribution in [0, 0.1) is 5.82 Å². The Kier molecular flexibility index (Phi) is 2.10. The van der Waals surface area contributed by atoms with Crippen LogP contribution in [0.5, 0.6) is 0 Å². The summed E-state index contributed by atoms with van der Waals surface area (Å²) in [4.78, 5) is 3.26. The molecule has 2 rings (SSSR count). The molecule has 5 heteroatoms. The molecule has 2 aromatic rings. The molecule has 0 bridgehead atoms. The van der Waals surface area contributed by atoms with E-state index < -0.39 is 17.7 Å². The second-order valence-electron chi connectivity index (χ2n) is 3.06. The van der Waals surface area contributed by atoms with Gasteiger partial charge in [0.1, 0.15) is 11.5 Å². The lowest BCUT2D eigenvalue weighted by Crippen LogP contribution is -2.07. The van der Waals surface area contributed by atoms with Gasteiger partial charge in [0.05, 0.1) is 0 Å². The highest BCUT2D eigenvalue weighted by Crippen LogP contribution is 2.29. The summed E-state index contributed by atoms with van der Waals surface area (Å²) < 4.78 is 49.5. The lowest BCUT2D eigenvalue weighted by molar-refractivity contribution is -0.141. The monoisotopic (exact) mass is 215 g/mol. The third-order valence-electron chi connectivity index (χ3n) is 1.97. The zero-order valence-corrected chi connectivity index (χ0v) is 7.35. The molecule has 0 atom stereocenters. The lowest BCUT2D eigenvalue weighted by atomic mass is 10.1. The second-order valence-corrected chi connectivity index (χ2v) is 3.06. The van der Waals surface area contributed by atoms with E-state index in [1.807, 2.05) is 0 Å². The van der Waals surface area contributed by atoms with E-state index in [2.05, 4.69) is 4.98 Å². The molecule has 0 saturated heterocycles. The molecule has 0 N–H and O–H groups in total. The standard InChI is InChI=1S/C10H5F4N/c11-8-2-1-6-5-15-9(10(12,13)14)4-7(6)3-8/h1-5H. The summed E-state index contributed by atoms with van der Waals surface area (Å²) in [5.74, 6) is -0.568. The molecule has 0 unspecified atom stereocenters. The first-order valence-electron chi connectivity index (χ1n) is 4.09. The summed E-state index contributed by atoms with van der Waals surface area (Å²) in [5.41, 5.74) is -1.01. The van der Waals surface area contributed by atoms with Crippen molar-refractivity contribution in [3.63, 3.8) is 0 Å². The number of hydrogen-bond donors (Lipinski definition) is 0. The van der Waals surface area contributed by atoms with Crippen molar-refractivity contribution in [3.05, 3.63) is 42.0 Å². The Bertz CT molecular complexity index is 504. The summed E-state index contributed by atoms with van der Waals surface area (Å²) >= 11 is 0. The van der Waals surface area contributed by atoms with Crippen LogP contribution < -0.4 is 0 Å². The van der Waals surface area contributed by atoms with Gasteiger partial charge in [0.2, 0.25) is 0 Å². The van der Waals surface area contributed by atoms with Crippen LogP contribution in [0.25, 0.3) is 10.8 Å². The van der Waals surface area contributed by atoms with Crippen molar-refractivity contribution >= 4 is 10.8 Å². The highest BCUT2D eigenvalue weighted by atomic mass is 19.4. The Labute approximate surface area is 82.4 Å². The van der Waals surface area contributed by atoms with Gasteiger partial charge in [0.25, 0.3) is 0 Å². The predicted octanol–water partition coefficient (Wildman–Crippen LogP) is 3.39. The number of hydrogen-bond acceptors (Lipinski definition) is 1. The molecule has 0 aliphatic rings. The first-order chi connectivity index (χ1) is 6.97. The van der Waals surface area contributed by atoms with Gasteiger partial charge in [-0.25, -0.2) is 4.39 Å². The maximum absolute atomic E-state index is 12.8. The van der Waals surface area contributed by atoms with Crippen molar-refractivity contribution in [2.45, 2.75) is 6.18 Å². The summed E-state index contributed by atoms with van der Waals surface area (Å²) in [6.07, 6.45) is -3.42. The molecule has 0 aliphatic carbocycles. The number of benzene rings is 1. The first kappa shape index (κ1) is 9.89. The molecule has 0 saturated carbocycles. The van der Waals surface area contributed by atoms with Crippen LogP contribution in [0.3, 0.4) is 0 Å². The fraction of sp³-hybridized carbons (Fsp3) is 0.100. The van der Waals surface area contributed by atoms with Gasteiger partial charge < -0.3 is 0 Å². The smallest absolute Gasteiger partial charge is 0.251 e. The van der Waals surface area contributed by atoms with Crippen molar-refractivity contribution in [2.75, 3.05) is 0 Å². The Balaban J connectivity index is 2.64. The molecular weight excluding hydrogens is 210 g/mol. The summed E-state index contributed by atoms with van der Waals surface area (Å²) in [6.45, 7) is 0. The van der Waals surface area contributed by atoms with Crippen LogP contribution in [-0.2, 0) is 6.18 Å². The number of pyridine rings is 1. The topological polar surface area (TPSA) is 12.9 Å². The molecule has 0 fully saturated rings. The van der Waals surface area contributed by atoms with Crippen LogP contribution in [0.4, 0.5) is 17.6 Å². The Morgan fingerprint density at radius 2 is 1.73 bits per heavy atom. The van der Waals surface area contributed by atoms with Crippen LogP contribution >= 0.6 is 0 Å². The molecule has 0 spiro atoms. The Morgan fingerprint density at radius 3 is 2.40 bits per heavy atom. The summed E-state index contributed by atoms with van der Waals surface area (Å²) in [5, 5.41) is 0.668. The highest BCUT2D eigenvalue weighted by molar-refractivity contribution is 5.82. The molecule has 0 radical (unpaired) electrons. The molecule has 1 heterocycles. The largest absolute Gasteiger partial charge is 0.433 e. The molecule has 78 valence electrons. The SMILES string of the molecule is Fc1ccc2cnc(C(F)(F)F)cc2c1. The van der Waals surface area contributed by atoms with E-state index in [1.165, 1.54) is 12.1 Å². The number of halogens is 4. The van der Waals surface area contributed by atoms with Crippen LogP contribution in [0.2, 0.25) is 0 Å². The van der Waals surface area contributed by atoms with Gasteiger partial charge in [-0.2, -0.15) is 13.2 Å². The van der Waals surface area contributed by atoms with Gasteiger partial charge in [-0.05, 0) is 29.7 Å². The van der Waals surface area contributed by atoms with Gasteiger partial charge in [-0.15, -0.1) is 0 Å². The van der Waals surface area contributed by atoms with Gasteiger partial charge in [-0.1, -0.05) is 0 Å². The summed E-state index contributed by atoms with van der Waals surface area (Å²) in [6, 6.07) is 4.44. The minimum Gasteiger partial charge on any atom is -0.251 e. The fourth-order valence-electron chi connectivity index (χ4n) is 1.27.